The minimum Gasteiger partial charge on any atom is -0.465 e. The van der Waals surface area contributed by atoms with Crippen LogP contribution in [-0.4, -0.2) is 68.8 Å². The van der Waals surface area contributed by atoms with Crippen molar-refractivity contribution in [3.63, 3.8) is 0 Å². The lowest BCUT2D eigenvalue weighted by atomic mass is 10.0. The van der Waals surface area contributed by atoms with Crippen molar-refractivity contribution in [1.29, 1.82) is 0 Å². The number of ether oxygens (including phenoxy) is 1. The van der Waals surface area contributed by atoms with Crippen LogP contribution in [0.1, 0.15) is 91.9 Å². The van der Waals surface area contributed by atoms with E-state index in [-0.39, 0.29) is 5.97 Å². The standard InChI is InChI=1S/C24H51N2O2/c1-7-11-15-23(10-4)22-28-24(27)16-18-25(5)17-14-21-26(6,19-12-8-2)20-13-9-3/h23H,7-22H2,1-6H3/q+1. The number of hydrogen-bond donors (Lipinski definition) is 0. The lowest BCUT2D eigenvalue weighted by Crippen LogP contribution is -2.47. The van der Waals surface area contributed by atoms with Crippen LogP contribution in [0.5, 0.6) is 0 Å². The molecule has 0 aliphatic carbocycles. The van der Waals surface area contributed by atoms with Crippen molar-refractivity contribution >= 4 is 5.97 Å². The highest BCUT2D eigenvalue weighted by Crippen LogP contribution is 2.13. The molecule has 0 aliphatic rings. The number of carbonyl (C=O) groups is 1. The summed E-state index contributed by atoms with van der Waals surface area (Å²) < 4.78 is 6.72. The van der Waals surface area contributed by atoms with Gasteiger partial charge in [0.2, 0.25) is 0 Å². The van der Waals surface area contributed by atoms with Gasteiger partial charge in [0.25, 0.3) is 0 Å². The van der Waals surface area contributed by atoms with E-state index < -0.39 is 0 Å². The quantitative estimate of drug-likeness (QED) is 0.212. The van der Waals surface area contributed by atoms with Gasteiger partial charge in [0, 0.05) is 19.5 Å². The summed E-state index contributed by atoms with van der Waals surface area (Å²) in [6.07, 6.45) is 11.6. The van der Waals surface area contributed by atoms with Gasteiger partial charge < -0.3 is 14.1 Å². The fourth-order valence-corrected chi connectivity index (χ4v) is 3.71. The van der Waals surface area contributed by atoms with Crippen LogP contribution < -0.4 is 0 Å². The van der Waals surface area contributed by atoms with Gasteiger partial charge in [-0.1, -0.05) is 59.8 Å². The summed E-state index contributed by atoms with van der Waals surface area (Å²) in [5.41, 5.74) is 0. The Hall–Kier alpha value is -0.610. The predicted molar refractivity (Wildman–Crippen MR) is 122 cm³/mol. The first-order valence-corrected chi connectivity index (χ1v) is 12.1. The van der Waals surface area contributed by atoms with E-state index in [1.807, 2.05) is 0 Å². The molecule has 4 heteroatoms. The smallest absolute Gasteiger partial charge is 0.307 e. The zero-order chi connectivity index (χ0) is 21.3. The van der Waals surface area contributed by atoms with Gasteiger partial charge in [-0.15, -0.1) is 0 Å². The van der Waals surface area contributed by atoms with Crippen molar-refractivity contribution < 1.29 is 14.0 Å². The predicted octanol–water partition coefficient (Wildman–Crippen LogP) is 5.50. The lowest BCUT2D eigenvalue weighted by molar-refractivity contribution is -0.910. The molecule has 0 saturated carbocycles. The second-order valence-corrected chi connectivity index (χ2v) is 9.00. The van der Waals surface area contributed by atoms with Crippen molar-refractivity contribution in [2.24, 2.45) is 5.92 Å². The maximum atomic E-state index is 12.1. The van der Waals surface area contributed by atoms with Crippen LogP contribution in [-0.2, 0) is 9.53 Å². The van der Waals surface area contributed by atoms with Gasteiger partial charge in [0.15, 0.2) is 0 Å². The minimum atomic E-state index is -0.0340. The van der Waals surface area contributed by atoms with Crippen LogP contribution in [0.4, 0.5) is 0 Å². The first-order valence-electron chi connectivity index (χ1n) is 12.1. The molecule has 0 radical (unpaired) electrons. The third-order valence-corrected chi connectivity index (χ3v) is 6.06. The zero-order valence-corrected chi connectivity index (χ0v) is 20.1. The molecule has 0 saturated heterocycles. The van der Waals surface area contributed by atoms with Crippen molar-refractivity contribution in [1.82, 2.24) is 4.90 Å². The fourth-order valence-electron chi connectivity index (χ4n) is 3.71. The SMILES string of the molecule is CCCCC(CC)COC(=O)CCN(C)CCC[N+](C)(CCCC)CCCC. The largest absolute Gasteiger partial charge is 0.465 e. The number of hydrogen-bond acceptors (Lipinski definition) is 3. The van der Waals surface area contributed by atoms with E-state index >= 15 is 0 Å². The van der Waals surface area contributed by atoms with Gasteiger partial charge in [-0.05, 0) is 32.2 Å². The molecule has 0 aromatic heterocycles. The van der Waals surface area contributed by atoms with Gasteiger partial charge in [-0.2, -0.15) is 0 Å². The van der Waals surface area contributed by atoms with E-state index in [9.17, 15) is 4.79 Å². The Balaban J connectivity index is 4.05. The topological polar surface area (TPSA) is 29.5 Å². The molecule has 0 N–H and O–H groups in total. The van der Waals surface area contributed by atoms with E-state index in [1.54, 1.807) is 0 Å². The van der Waals surface area contributed by atoms with Crippen LogP contribution in [0.2, 0.25) is 0 Å². The molecule has 0 amide bonds. The maximum absolute atomic E-state index is 12.1. The molecule has 0 fully saturated rings. The molecular weight excluding hydrogens is 348 g/mol. The Bertz CT molecular complexity index is 366. The number of unbranched alkanes of at least 4 members (excludes halogenated alkanes) is 3. The highest BCUT2D eigenvalue weighted by molar-refractivity contribution is 5.69. The molecule has 0 spiro atoms. The van der Waals surface area contributed by atoms with Crippen LogP contribution in [0, 0.1) is 5.92 Å². The molecule has 168 valence electrons. The number of nitrogens with zero attached hydrogens (tertiary/aromatic N) is 2. The van der Waals surface area contributed by atoms with Gasteiger partial charge >= 0.3 is 5.97 Å². The first-order chi connectivity index (χ1) is 13.4. The molecule has 1 atom stereocenters. The minimum absolute atomic E-state index is 0.0340. The Morgan fingerprint density at radius 2 is 1.46 bits per heavy atom. The highest BCUT2D eigenvalue weighted by atomic mass is 16.5. The second kappa shape index (κ2) is 17.3. The molecular formula is C24H51N2O2+. The molecule has 28 heavy (non-hydrogen) atoms. The summed E-state index contributed by atoms with van der Waals surface area (Å²) in [6, 6.07) is 0. The van der Waals surface area contributed by atoms with Crippen LogP contribution in [0.15, 0.2) is 0 Å². The monoisotopic (exact) mass is 399 g/mol. The molecule has 4 nitrogen and oxygen atoms in total. The molecule has 0 aromatic carbocycles. The summed E-state index contributed by atoms with van der Waals surface area (Å²) in [5.74, 6) is 0.497. The third kappa shape index (κ3) is 14.4. The molecule has 0 aliphatic heterocycles. The van der Waals surface area contributed by atoms with E-state index in [4.69, 9.17) is 4.74 Å². The van der Waals surface area contributed by atoms with Crippen LogP contribution in [0.3, 0.4) is 0 Å². The first kappa shape index (κ1) is 27.4. The average molecular weight is 400 g/mol. The Morgan fingerprint density at radius 1 is 0.893 bits per heavy atom. The van der Waals surface area contributed by atoms with Gasteiger partial charge in [-0.25, -0.2) is 0 Å². The summed E-state index contributed by atoms with van der Waals surface area (Å²) >= 11 is 0. The number of esters is 1. The summed E-state index contributed by atoms with van der Waals surface area (Å²) in [5, 5.41) is 0. The maximum Gasteiger partial charge on any atom is 0.307 e. The number of quaternary nitrogens is 1. The van der Waals surface area contributed by atoms with Gasteiger partial charge in [0.05, 0.1) is 39.7 Å². The van der Waals surface area contributed by atoms with Gasteiger partial charge in [-0.3, -0.25) is 4.79 Å². The fraction of sp³-hybridized carbons (Fsp3) is 0.958. The van der Waals surface area contributed by atoms with Gasteiger partial charge in [0.1, 0.15) is 0 Å². The molecule has 0 bridgehead atoms. The normalized spacial score (nSPS) is 13.1. The summed E-state index contributed by atoms with van der Waals surface area (Å²) in [6.45, 7) is 15.3. The number of rotatable bonds is 19. The lowest BCUT2D eigenvalue weighted by Gasteiger charge is -2.35. The molecule has 0 heterocycles. The Morgan fingerprint density at radius 3 is 2.00 bits per heavy atom. The second-order valence-electron chi connectivity index (χ2n) is 9.00. The van der Waals surface area contributed by atoms with E-state index in [2.05, 4.69) is 46.7 Å². The molecule has 0 aromatic rings. The third-order valence-electron chi connectivity index (χ3n) is 6.06. The number of carbonyl (C=O) groups excluding carboxylic acids is 1. The van der Waals surface area contributed by atoms with Crippen LogP contribution >= 0.6 is 0 Å². The Kier molecular flexibility index (Phi) is 16.9. The summed E-state index contributed by atoms with van der Waals surface area (Å²) in [7, 11) is 4.55. The van der Waals surface area contributed by atoms with Crippen LogP contribution in [0.25, 0.3) is 0 Å². The van der Waals surface area contributed by atoms with E-state index in [0.29, 0.717) is 18.9 Å². The zero-order valence-electron chi connectivity index (χ0n) is 20.1. The van der Waals surface area contributed by atoms with E-state index in [0.717, 1.165) is 19.5 Å². The molecule has 0 rings (SSSR count). The van der Waals surface area contributed by atoms with Crippen molar-refractivity contribution in [2.45, 2.75) is 91.9 Å². The van der Waals surface area contributed by atoms with E-state index in [1.165, 1.54) is 75.5 Å². The summed E-state index contributed by atoms with van der Waals surface area (Å²) in [4.78, 5) is 14.4. The van der Waals surface area contributed by atoms with Crippen molar-refractivity contribution in [3.8, 4) is 0 Å². The average Bonchev–Trinajstić information content (AvgIpc) is 2.69. The Labute approximate surface area is 176 Å². The van der Waals surface area contributed by atoms with Crippen molar-refractivity contribution in [2.75, 3.05) is 53.4 Å². The molecule has 1 unspecified atom stereocenters. The van der Waals surface area contributed by atoms with Crippen molar-refractivity contribution in [3.05, 3.63) is 0 Å². The highest BCUT2D eigenvalue weighted by Gasteiger charge is 2.20.